The summed E-state index contributed by atoms with van der Waals surface area (Å²) in [6.45, 7) is 0. The number of likely N-dealkylation sites (N-methyl/N-ethyl adjacent to an activating group) is 1. The third kappa shape index (κ3) is 1.26. The molecule has 0 amide bonds. The van der Waals surface area contributed by atoms with E-state index in [-0.39, 0.29) is 5.16 Å². The molecule has 0 aliphatic carbocycles. The number of hydrogen-bond donors (Lipinski definition) is 0. The first-order valence-corrected chi connectivity index (χ1v) is 3.55. The van der Waals surface area contributed by atoms with Crippen molar-refractivity contribution in [3.05, 3.63) is 28.6 Å². The molecule has 0 bridgehead atoms. The van der Waals surface area contributed by atoms with Gasteiger partial charge in [-0.15, -0.1) is 0 Å². The van der Waals surface area contributed by atoms with Crippen molar-refractivity contribution < 1.29 is 4.79 Å². The van der Waals surface area contributed by atoms with Crippen LogP contribution in [-0.2, 0) is 4.79 Å². The van der Waals surface area contributed by atoms with Crippen molar-refractivity contribution in [3.63, 3.8) is 0 Å². The van der Waals surface area contributed by atoms with Crippen LogP contribution in [0, 0.1) is 11.3 Å². The molecule has 1 heterocycles. The van der Waals surface area contributed by atoms with E-state index in [9.17, 15) is 4.79 Å². The third-order valence-electron chi connectivity index (χ3n) is 1.51. The van der Waals surface area contributed by atoms with Crippen LogP contribution in [0.2, 0.25) is 0 Å². The van der Waals surface area contributed by atoms with Crippen molar-refractivity contribution in [2.45, 2.75) is 0 Å². The molecular formula is C8H5ClN2O. The summed E-state index contributed by atoms with van der Waals surface area (Å²) < 4.78 is 0. The van der Waals surface area contributed by atoms with E-state index in [1.165, 1.54) is 17.1 Å². The van der Waals surface area contributed by atoms with Crippen LogP contribution in [0.5, 0.6) is 0 Å². The van der Waals surface area contributed by atoms with E-state index in [1.807, 2.05) is 6.07 Å². The fourth-order valence-electron chi connectivity index (χ4n) is 0.815. The minimum Gasteiger partial charge on any atom is -0.325 e. The van der Waals surface area contributed by atoms with Gasteiger partial charge in [-0.25, -0.2) is 4.79 Å². The van der Waals surface area contributed by atoms with Crippen LogP contribution >= 0.6 is 11.6 Å². The lowest BCUT2D eigenvalue weighted by molar-refractivity contribution is 0.535. The molecule has 12 heavy (non-hydrogen) atoms. The zero-order chi connectivity index (χ0) is 9.14. The number of halogens is 1. The topological polar surface area (TPSA) is 44.1 Å². The summed E-state index contributed by atoms with van der Waals surface area (Å²) in [5.41, 5.74) is 0.664. The van der Waals surface area contributed by atoms with Gasteiger partial charge in [0.15, 0.2) is 5.94 Å². The van der Waals surface area contributed by atoms with Gasteiger partial charge in [0.1, 0.15) is 16.9 Å². The molecule has 0 saturated heterocycles. The van der Waals surface area contributed by atoms with Gasteiger partial charge in [-0.05, 0) is 12.2 Å². The van der Waals surface area contributed by atoms with E-state index in [0.717, 1.165) is 0 Å². The lowest BCUT2D eigenvalue weighted by Crippen LogP contribution is -2.17. The Morgan fingerprint density at radius 1 is 1.58 bits per heavy atom. The highest BCUT2D eigenvalue weighted by molar-refractivity contribution is 6.30. The zero-order valence-corrected chi connectivity index (χ0v) is 7.09. The van der Waals surface area contributed by atoms with Crippen LogP contribution in [0.1, 0.15) is 0 Å². The van der Waals surface area contributed by atoms with Crippen molar-refractivity contribution in [1.82, 2.24) is 4.90 Å². The molecule has 1 aliphatic heterocycles. The summed E-state index contributed by atoms with van der Waals surface area (Å²) in [4.78, 5) is 11.7. The van der Waals surface area contributed by atoms with E-state index in [2.05, 4.69) is 0 Å². The van der Waals surface area contributed by atoms with Crippen molar-refractivity contribution in [3.8, 4) is 6.07 Å². The summed E-state index contributed by atoms with van der Waals surface area (Å²) in [6.07, 6.45) is 2.99. The molecule has 0 aromatic carbocycles. The monoisotopic (exact) mass is 180 g/mol. The van der Waals surface area contributed by atoms with Gasteiger partial charge in [0.2, 0.25) is 0 Å². The van der Waals surface area contributed by atoms with Gasteiger partial charge < -0.3 is 4.90 Å². The maximum absolute atomic E-state index is 10.3. The Bertz CT molecular complexity index is 356. The average molecular weight is 181 g/mol. The molecule has 1 aliphatic rings. The highest BCUT2D eigenvalue weighted by atomic mass is 35.5. The van der Waals surface area contributed by atoms with Gasteiger partial charge in [0.25, 0.3) is 0 Å². The predicted molar refractivity (Wildman–Crippen MR) is 44.6 cm³/mol. The molecular weight excluding hydrogens is 176 g/mol. The zero-order valence-electron chi connectivity index (χ0n) is 6.34. The molecule has 0 aromatic heterocycles. The Hall–Kier alpha value is -1.49. The molecule has 3 nitrogen and oxygen atoms in total. The lowest BCUT2D eigenvalue weighted by Gasteiger charge is -2.19. The Balaban J connectivity index is 3.18. The fourth-order valence-corrected chi connectivity index (χ4v) is 1.01. The van der Waals surface area contributed by atoms with Gasteiger partial charge >= 0.3 is 0 Å². The molecule has 0 saturated carbocycles. The molecule has 0 radical (unpaired) electrons. The van der Waals surface area contributed by atoms with Gasteiger partial charge in [-0.3, -0.25) is 0 Å². The largest absolute Gasteiger partial charge is 0.325 e. The summed E-state index contributed by atoms with van der Waals surface area (Å²) in [7, 11) is 1.60. The van der Waals surface area contributed by atoms with Crippen LogP contribution in [0.3, 0.4) is 0 Å². The first-order chi connectivity index (χ1) is 5.70. The normalized spacial score (nSPS) is 16.1. The lowest BCUT2D eigenvalue weighted by atomic mass is 10.2. The van der Waals surface area contributed by atoms with Gasteiger partial charge in [0.05, 0.1) is 5.57 Å². The van der Waals surface area contributed by atoms with Crippen LogP contribution in [0.15, 0.2) is 28.6 Å². The molecule has 0 spiro atoms. The molecule has 0 fully saturated rings. The second-order valence-corrected chi connectivity index (χ2v) is 2.55. The highest BCUT2D eigenvalue weighted by Crippen LogP contribution is 2.22. The summed E-state index contributed by atoms with van der Waals surface area (Å²) in [6, 6.07) is 1.90. The number of nitriles is 1. The predicted octanol–water partition coefficient (Wildman–Crippen LogP) is 1.18. The minimum absolute atomic E-state index is 0.248. The van der Waals surface area contributed by atoms with E-state index in [4.69, 9.17) is 16.9 Å². The van der Waals surface area contributed by atoms with E-state index < -0.39 is 0 Å². The molecule has 1 rings (SSSR count). The molecule has 4 heteroatoms. The number of allylic oxidation sites excluding steroid dienone is 3. The van der Waals surface area contributed by atoms with Crippen molar-refractivity contribution in [2.75, 3.05) is 7.05 Å². The van der Waals surface area contributed by atoms with Gasteiger partial charge in [-0.1, -0.05) is 11.6 Å². The van der Waals surface area contributed by atoms with E-state index in [1.54, 1.807) is 13.0 Å². The summed E-state index contributed by atoms with van der Waals surface area (Å²) in [5.74, 6) is 1.71. The Morgan fingerprint density at radius 2 is 2.25 bits per heavy atom. The first kappa shape index (κ1) is 8.61. The van der Waals surface area contributed by atoms with E-state index in [0.29, 0.717) is 11.3 Å². The van der Waals surface area contributed by atoms with Gasteiger partial charge in [-0.2, -0.15) is 5.26 Å². The second-order valence-electron chi connectivity index (χ2n) is 2.20. The van der Waals surface area contributed by atoms with Crippen LogP contribution in [0.4, 0.5) is 0 Å². The average Bonchev–Trinajstić information content (AvgIpc) is 2.10. The first-order valence-electron chi connectivity index (χ1n) is 3.17. The number of hydrogen-bond acceptors (Lipinski definition) is 3. The fraction of sp³-hybridized carbons (Fsp3) is 0.125. The maximum atomic E-state index is 10.3. The Morgan fingerprint density at radius 3 is 2.75 bits per heavy atom. The van der Waals surface area contributed by atoms with Crippen LogP contribution in [0.25, 0.3) is 0 Å². The van der Waals surface area contributed by atoms with Crippen LogP contribution in [-0.4, -0.2) is 17.9 Å². The third-order valence-corrected chi connectivity index (χ3v) is 1.97. The van der Waals surface area contributed by atoms with Crippen molar-refractivity contribution in [1.29, 1.82) is 5.26 Å². The molecule has 0 N–H and O–H groups in total. The molecule has 60 valence electrons. The van der Waals surface area contributed by atoms with E-state index >= 15 is 0 Å². The Labute approximate surface area is 74.8 Å². The number of rotatable bonds is 0. The maximum Gasteiger partial charge on any atom is 0.150 e. The Kier molecular flexibility index (Phi) is 2.35. The molecule has 0 aromatic rings. The smallest absolute Gasteiger partial charge is 0.150 e. The minimum atomic E-state index is 0.248. The van der Waals surface area contributed by atoms with Crippen LogP contribution < -0.4 is 0 Å². The number of carbonyl (C=O) groups excluding carboxylic acids is 1. The SMILES string of the molecule is CN1C(=C=O)C=CC(C#N)=C1Cl. The van der Waals surface area contributed by atoms with Crippen molar-refractivity contribution in [2.24, 2.45) is 0 Å². The molecule has 0 unspecified atom stereocenters. The second kappa shape index (κ2) is 3.27. The molecule has 0 atom stereocenters. The standard InChI is InChI=1S/C8H5ClN2O/c1-11-7(5-12)3-2-6(4-10)8(11)9/h2-3H,1H3. The number of nitrogens with zero attached hydrogens (tertiary/aromatic N) is 2. The van der Waals surface area contributed by atoms with Crippen molar-refractivity contribution >= 4 is 17.5 Å². The quantitative estimate of drug-likeness (QED) is 0.415. The summed E-state index contributed by atoms with van der Waals surface area (Å²) in [5, 5.41) is 8.81. The highest BCUT2D eigenvalue weighted by Gasteiger charge is 2.15. The van der Waals surface area contributed by atoms with Gasteiger partial charge in [0, 0.05) is 7.05 Å². The summed E-state index contributed by atoms with van der Waals surface area (Å²) >= 11 is 5.74.